The smallest absolute Gasteiger partial charge is 0.242 e. The van der Waals surface area contributed by atoms with Gasteiger partial charge in [0.2, 0.25) is 11.8 Å². The molecule has 6 heteroatoms. The van der Waals surface area contributed by atoms with E-state index in [1.165, 1.54) is 16.7 Å². The number of halogens is 1. The van der Waals surface area contributed by atoms with Crippen LogP contribution >= 0.6 is 23.4 Å². The van der Waals surface area contributed by atoms with E-state index < -0.39 is 6.04 Å². The topological polar surface area (TPSA) is 49.4 Å². The van der Waals surface area contributed by atoms with Crippen molar-refractivity contribution in [3.63, 3.8) is 0 Å². The van der Waals surface area contributed by atoms with Crippen LogP contribution in [0.4, 0.5) is 0 Å². The van der Waals surface area contributed by atoms with E-state index in [0.29, 0.717) is 17.3 Å². The molecule has 0 bridgehead atoms. The van der Waals surface area contributed by atoms with Gasteiger partial charge in [0.05, 0.1) is 5.75 Å². The highest BCUT2D eigenvalue weighted by atomic mass is 35.5. The lowest BCUT2D eigenvalue weighted by Gasteiger charge is -2.29. The zero-order valence-corrected chi connectivity index (χ0v) is 19.9. The number of carbonyl (C=O) groups is 2. The minimum absolute atomic E-state index is 0.0157. The molecule has 0 saturated carbocycles. The number of hydrogen-bond acceptors (Lipinski definition) is 3. The van der Waals surface area contributed by atoms with Gasteiger partial charge in [0.25, 0.3) is 0 Å². The maximum absolute atomic E-state index is 13.1. The first-order valence-electron chi connectivity index (χ1n) is 10.1. The minimum atomic E-state index is -0.569. The van der Waals surface area contributed by atoms with E-state index in [1.807, 2.05) is 32.0 Å². The van der Waals surface area contributed by atoms with Gasteiger partial charge in [-0.2, -0.15) is 0 Å². The largest absolute Gasteiger partial charge is 0.352 e. The molecule has 0 aromatic heterocycles. The Morgan fingerprint density at radius 3 is 2.30 bits per heavy atom. The predicted octanol–water partition coefficient (Wildman–Crippen LogP) is 5.13. The Bertz CT molecular complexity index is 865. The first-order valence-corrected chi connectivity index (χ1v) is 11.7. The molecule has 0 spiro atoms. The fourth-order valence-corrected chi connectivity index (χ4v) is 4.37. The molecule has 30 heavy (non-hydrogen) atoms. The van der Waals surface area contributed by atoms with E-state index in [2.05, 4.69) is 37.4 Å². The van der Waals surface area contributed by atoms with Crippen LogP contribution in [-0.2, 0) is 21.9 Å². The normalized spacial score (nSPS) is 12.0. The lowest BCUT2D eigenvalue weighted by Crippen LogP contribution is -2.49. The van der Waals surface area contributed by atoms with Crippen LogP contribution in [0.3, 0.4) is 0 Å². The molecule has 2 amide bonds. The standard InChI is InChI=1S/C24H31ClN2O2S/c1-16(2)26-24(29)19(5)27(13-20-7-6-8-22(25)12-20)23(28)15-30-14-21-10-17(3)9-18(4)11-21/h6-12,16,19H,13-15H2,1-5H3,(H,26,29)/t19-/m1/s1. The summed E-state index contributed by atoms with van der Waals surface area (Å²) in [6.07, 6.45) is 0. The molecule has 0 aliphatic rings. The van der Waals surface area contributed by atoms with Gasteiger partial charge in [-0.05, 0) is 57.9 Å². The third-order valence-electron chi connectivity index (χ3n) is 4.62. The number of benzene rings is 2. The van der Waals surface area contributed by atoms with Gasteiger partial charge in [-0.15, -0.1) is 11.8 Å². The summed E-state index contributed by atoms with van der Waals surface area (Å²) < 4.78 is 0. The third-order valence-corrected chi connectivity index (χ3v) is 5.84. The Hall–Kier alpha value is -1.98. The number of aryl methyl sites for hydroxylation is 2. The van der Waals surface area contributed by atoms with Crippen molar-refractivity contribution in [1.82, 2.24) is 10.2 Å². The number of rotatable bonds is 9. The number of nitrogens with zero attached hydrogens (tertiary/aromatic N) is 1. The Morgan fingerprint density at radius 2 is 1.70 bits per heavy atom. The van der Waals surface area contributed by atoms with Crippen LogP contribution in [0.15, 0.2) is 42.5 Å². The number of thioether (sulfide) groups is 1. The molecule has 2 aromatic carbocycles. The zero-order valence-electron chi connectivity index (χ0n) is 18.4. The van der Waals surface area contributed by atoms with Crippen molar-refractivity contribution in [2.45, 2.75) is 59.0 Å². The molecule has 0 fully saturated rings. The van der Waals surface area contributed by atoms with Crippen molar-refractivity contribution in [2.75, 3.05) is 5.75 Å². The summed E-state index contributed by atoms with van der Waals surface area (Å²) in [6, 6.07) is 13.3. The van der Waals surface area contributed by atoms with Gasteiger partial charge in [0.1, 0.15) is 6.04 Å². The molecule has 162 valence electrons. The Morgan fingerprint density at radius 1 is 1.03 bits per heavy atom. The molecule has 4 nitrogen and oxygen atoms in total. The minimum Gasteiger partial charge on any atom is -0.352 e. The SMILES string of the molecule is Cc1cc(C)cc(CSCC(=O)N(Cc2cccc(Cl)c2)[C@H](C)C(=O)NC(C)C)c1. The monoisotopic (exact) mass is 446 g/mol. The highest BCUT2D eigenvalue weighted by molar-refractivity contribution is 7.99. The number of amides is 2. The quantitative estimate of drug-likeness (QED) is 0.580. The van der Waals surface area contributed by atoms with Gasteiger partial charge in [-0.25, -0.2) is 0 Å². The lowest BCUT2D eigenvalue weighted by atomic mass is 10.1. The van der Waals surface area contributed by atoms with Crippen molar-refractivity contribution >= 4 is 35.2 Å². The van der Waals surface area contributed by atoms with Crippen LogP contribution in [0.2, 0.25) is 5.02 Å². The van der Waals surface area contributed by atoms with Gasteiger partial charge in [0, 0.05) is 23.4 Å². The Labute approximate surface area is 189 Å². The van der Waals surface area contributed by atoms with Crippen LogP contribution in [0.1, 0.15) is 43.0 Å². The van der Waals surface area contributed by atoms with E-state index in [0.717, 1.165) is 11.3 Å². The van der Waals surface area contributed by atoms with E-state index in [-0.39, 0.29) is 17.9 Å². The summed E-state index contributed by atoms with van der Waals surface area (Å²) in [5, 5.41) is 3.52. The average molecular weight is 447 g/mol. The van der Waals surface area contributed by atoms with Crippen LogP contribution in [0, 0.1) is 13.8 Å². The highest BCUT2D eigenvalue weighted by Gasteiger charge is 2.26. The number of nitrogens with one attached hydrogen (secondary N) is 1. The number of hydrogen-bond donors (Lipinski definition) is 1. The molecule has 0 aliphatic heterocycles. The van der Waals surface area contributed by atoms with Crippen molar-refractivity contribution in [3.8, 4) is 0 Å². The summed E-state index contributed by atoms with van der Waals surface area (Å²) in [4.78, 5) is 27.3. The molecule has 0 aliphatic carbocycles. The molecule has 0 saturated heterocycles. The van der Waals surface area contributed by atoms with Crippen LogP contribution < -0.4 is 5.32 Å². The summed E-state index contributed by atoms with van der Waals surface area (Å²) in [5.41, 5.74) is 4.55. The molecule has 2 aromatic rings. The molecule has 0 unspecified atom stereocenters. The van der Waals surface area contributed by atoms with E-state index in [1.54, 1.807) is 29.7 Å². The van der Waals surface area contributed by atoms with Crippen molar-refractivity contribution in [3.05, 3.63) is 69.7 Å². The van der Waals surface area contributed by atoms with Gasteiger partial charge >= 0.3 is 0 Å². The van der Waals surface area contributed by atoms with E-state index >= 15 is 0 Å². The van der Waals surface area contributed by atoms with Gasteiger partial charge in [-0.3, -0.25) is 9.59 Å². The zero-order chi connectivity index (χ0) is 22.3. The number of carbonyl (C=O) groups excluding carboxylic acids is 2. The third kappa shape index (κ3) is 7.69. The molecule has 0 radical (unpaired) electrons. The van der Waals surface area contributed by atoms with E-state index in [9.17, 15) is 9.59 Å². The maximum Gasteiger partial charge on any atom is 0.242 e. The lowest BCUT2D eigenvalue weighted by molar-refractivity contribution is -0.138. The second kappa shape index (κ2) is 11.4. The summed E-state index contributed by atoms with van der Waals surface area (Å²) in [6.45, 7) is 10.1. The molecular weight excluding hydrogens is 416 g/mol. The average Bonchev–Trinajstić information content (AvgIpc) is 2.64. The molecular formula is C24H31ClN2O2S. The van der Waals surface area contributed by atoms with Crippen molar-refractivity contribution in [2.24, 2.45) is 0 Å². The Kier molecular flexibility index (Phi) is 9.25. The van der Waals surface area contributed by atoms with Crippen LogP contribution in [0.5, 0.6) is 0 Å². The Balaban J connectivity index is 2.09. The fourth-order valence-electron chi connectivity index (χ4n) is 3.31. The molecule has 1 atom stereocenters. The van der Waals surface area contributed by atoms with Crippen LogP contribution in [0.25, 0.3) is 0 Å². The first kappa shape index (κ1) is 24.3. The van der Waals surface area contributed by atoms with Gasteiger partial charge in [0.15, 0.2) is 0 Å². The van der Waals surface area contributed by atoms with Gasteiger partial charge in [-0.1, -0.05) is 53.1 Å². The summed E-state index contributed by atoms with van der Waals surface area (Å²) in [5.74, 6) is 0.856. The van der Waals surface area contributed by atoms with Crippen molar-refractivity contribution < 1.29 is 9.59 Å². The molecule has 2 rings (SSSR count). The highest BCUT2D eigenvalue weighted by Crippen LogP contribution is 2.19. The van der Waals surface area contributed by atoms with Crippen LogP contribution in [-0.4, -0.2) is 34.6 Å². The second-order valence-corrected chi connectivity index (χ2v) is 9.40. The van der Waals surface area contributed by atoms with E-state index in [4.69, 9.17) is 11.6 Å². The predicted molar refractivity (Wildman–Crippen MR) is 127 cm³/mol. The summed E-state index contributed by atoms with van der Waals surface area (Å²) in [7, 11) is 0. The first-order chi connectivity index (χ1) is 14.2. The second-order valence-electron chi connectivity index (χ2n) is 7.98. The fraction of sp³-hybridized carbons (Fsp3) is 0.417. The molecule has 0 heterocycles. The van der Waals surface area contributed by atoms with Crippen molar-refractivity contribution in [1.29, 1.82) is 0 Å². The summed E-state index contributed by atoms with van der Waals surface area (Å²) >= 11 is 7.68. The van der Waals surface area contributed by atoms with Gasteiger partial charge < -0.3 is 10.2 Å². The molecule has 1 N–H and O–H groups in total. The maximum atomic E-state index is 13.1.